The van der Waals surface area contributed by atoms with Crippen molar-refractivity contribution in [3.8, 4) is 0 Å². The lowest BCUT2D eigenvalue weighted by molar-refractivity contribution is -0.150. The highest BCUT2D eigenvalue weighted by molar-refractivity contribution is 5.95. The molecule has 2 aliphatic heterocycles. The van der Waals surface area contributed by atoms with Crippen molar-refractivity contribution in [1.82, 2.24) is 15.1 Å². The molecule has 1 aromatic carbocycles. The number of nitrogens with zero attached hydrogens (tertiary/aromatic N) is 2. The summed E-state index contributed by atoms with van der Waals surface area (Å²) in [6, 6.07) is 4.55. The van der Waals surface area contributed by atoms with Crippen molar-refractivity contribution in [2.24, 2.45) is 5.92 Å². The summed E-state index contributed by atoms with van der Waals surface area (Å²) >= 11 is 0. The third-order valence-corrected chi connectivity index (χ3v) is 5.75. The minimum Gasteiger partial charge on any atom is -0.466 e. The minimum absolute atomic E-state index is 0.164. The number of hydrogen-bond donors (Lipinski definition) is 1. The SMILES string of the molecule is CCOC(=O)C1=C(CN2CCCC(C(=O)OCC)C2)N(C)C(=O)NC1c1cccc(F)c1. The second-order valence-corrected chi connectivity index (χ2v) is 7.90. The van der Waals surface area contributed by atoms with Crippen molar-refractivity contribution in [2.75, 3.05) is 39.9 Å². The molecule has 0 radical (unpaired) electrons. The summed E-state index contributed by atoms with van der Waals surface area (Å²) in [5.41, 5.74) is 1.19. The summed E-state index contributed by atoms with van der Waals surface area (Å²) in [5.74, 6) is -1.52. The molecule has 2 aliphatic rings. The number of esters is 2. The van der Waals surface area contributed by atoms with Crippen LogP contribution in [0.1, 0.15) is 38.3 Å². The Bertz CT molecular complexity index is 903. The number of carbonyl (C=O) groups is 3. The standard InChI is InChI=1S/C23H30FN3O5/c1-4-31-21(28)16-9-7-11-27(13-16)14-18-19(22(29)32-5-2)20(25-23(30)26(18)3)15-8-6-10-17(24)12-15/h6,8,10,12,16,20H,4-5,7,9,11,13-14H2,1-3H3,(H,25,30). The van der Waals surface area contributed by atoms with Gasteiger partial charge in [-0.05, 0) is 50.9 Å². The smallest absolute Gasteiger partial charge is 0.338 e. The van der Waals surface area contributed by atoms with E-state index in [9.17, 15) is 18.8 Å². The highest BCUT2D eigenvalue weighted by atomic mass is 19.1. The normalized spacial score (nSPS) is 21.9. The van der Waals surface area contributed by atoms with E-state index in [0.717, 1.165) is 19.4 Å². The summed E-state index contributed by atoms with van der Waals surface area (Å²) in [4.78, 5) is 41.4. The Balaban J connectivity index is 1.97. The van der Waals surface area contributed by atoms with Crippen LogP contribution < -0.4 is 5.32 Å². The van der Waals surface area contributed by atoms with Crippen LogP contribution >= 0.6 is 0 Å². The largest absolute Gasteiger partial charge is 0.466 e. The molecule has 0 aromatic heterocycles. The number of rotatable bonds is 7. The van der Waals surface area contributed by atoms with Crippen LogP contribution in [0, 0.1) is 11.7 Å². The average molecular weight is 448 g/mol. The number of urea groups is 1. The van der Waals surface area contributed by atoms with Crippen LogP contribution in [0.2, 0.25) is 0 Å². The molecule has 1 aromatic rings. The molecule has 2 unspecified atom stereocenters. The van der Waals surface area contributed by atoms with Crippen LogP contribution in [0.4, 0.5) is 9.18 Å². The van der Waals surface area contributed by atoms with Gasteiger partial charge in [-0.2, -0.15) is 0 Å². The Morgan fingerprint density at radius 2 is 1.97 bits per heavy atom. The molecule has 2 heterocycles. The quantitative estimate of drug-likeness (QED) is 0.647. The second kappa shape index (κ2) is 10.6. The van der Waals surface area contributed by atoms with Crippen molar-refractivity contribution in [1.29, 1.82) is 0 Å². The van der Waals surface area contributed by atoms with E-state index in [1.54, 1.807) is 27.0 Å². The van der Waals surface area contributed by atoms with E-state index in [1.807, 2.05) is 4.90 Å². The van der Waals surface area contributed by atoms with Crippen LogP contribution in [0.15, 0.2) is 35.5 Å². The Morgan fingerprint density at radius 3 is 2.66 bits per heavy atom. The first-order chi connectivity index (χ1) is 15.3. The van der Waals surface area contributed by atoms with Crippen LogP contribution in [-0.4, -0.2) is 67.7 Å². The van der Waals surface area contributed by atoms with Gasteiger partial charge in [0.05, 0.1) is 30.7 Å². The third kappa shape index (κ3) is 5.27. The van der Waals surface area contributed by atoms with Crippen molar-refractivity contribution in [3.05, 3.63) is 46.9 Å². The summed E-state index contributed by atoms with van der Waals surface area (Å²) in [7, 11) is 1.58. The average Bonchev–Trinajstić information content (AvgIpc) is 2.77. The Morgan fingerprint density at radius 1 is 1.22 bits per heavy atom. The first kappa shape index (κ1) is 23.7. The fraction of sp³-hybridized carbons (Fsp3) is 0.522. The number of benzene rings is 1. The van der Waals surface area contributed by atoms with Gasteiger partial charge < -0.3 is 14.8 Å². The first-order valence-corrected chi connectivity index (χ1v) is 10.9. The number of halogens is 1. The Hall–Kier alpha value is -2.94. The van der Waals surface area contributed by atoms with Gasteiger partial charge in [0.25, 0.3) is 0 Å². The molecule has 3 rings (SSSR count). The lowest BCUT2D eigenvalue weighted by Gasteiger charge is -2.38. The van der Waals surface area contributed by atoms with Gasteiger partial charge in [0.2, 0.25) is 0 Å². The molecule has 1 saturated heterocycles. The zero-order valence-corrected chi connectivity index (χ0v) is 18.7. The van der Waals surface area contributed by atoms with E-state index in [0.29, 0.717) is 24.4 Å². The number of likely N-dealkylation sites (N-methyl/N-ethyl adjacent to an activating group) is 1. The number of amides is 2. The molecule has 2 amide bonds. The fourth-order valence-corrected chi connectivity index (χ4v) is 4.20. The van der Waals surface area contributed by atoms with Crippen molar-refractivity contribution in [3.63, 3.8) is 0 Å². The maximum atomic E-state index is 13.9. The van der Waals surface area contributed by atoms with Gasteiger partial charge in [-0.1, -0.05) is 12.1 Å². The Labute approximate surface area is 187 Å². The molecule has 2 atom stereocenters. The summed E-state index contributed by atoms with van der Waals surface area (Å²) in [5, 5.41) is 2.78. The van der Waals surface area contributed by atoms with Gasteiger partial charge >= 0.3 is 18.0 Å². The number of piperidine rings is 1. The molecule has 32 heavy (non-hydrogen) atoms. The molecule has 0 bridgehead atoms. The molecule has 1 N–H and O–H groups in total. The topological polar surface area (TPSA) is 88.2 Å². The van der Waals surface area contributed by atoms with Crippen LogP contribution in [0.5, 0.6) is 0 Å². The molecule has 174 valence electrons. The number of carbonyl (C=O) groups excluding carboxylic acids is 3. The molecule has 9 heteroatoms. The molecule has 1 fully saturated rings. The molecular formula is C23H30FN3O5. The Kier molecular flexibility index (Phi) is 7.84. The second-order valence-electron chi connectivity index (χ2n) is 7.90. The predicted octanol–water partition coefficient (Wildman–Crippen LogP) is 2.61. The fourth-order valence-electron chi connectivity index (χ4n) is 4.20. The van der Waals surface area contributed by atoms with Gasteiger partial charge in [0.15, 0.2) is 0 Å². The number of nitrogens with one attached hydrogen (secondary N) is 1. The van der Waals surface area contributed by atoms with E-state index in [2.05, 4.69) is 5.32 Å². The van der Waals surface area contributed by atoms with Crippen molar-refractivity contribution >= 4 is 18.0 Å². The molecule has 0 aliphatic carbocycles. The van der Waals surface area contributed by atoms with Gasteiger partial charge in [-0.25, -0.2) is 14.0 Å². The highest BCUT2D eigenvalue weighted by Crippen LogP contribution is 2.32. The number of hydrogen-bond acceptors (Lipinski definition) is 6. The third-order valence-electron chi connectivity index (χ3n) is 5.75. The van der Waals surface area contributed by atoms with Crippen LogP contribution in [0.25, 0.3) is 0 Å². The summed E-state index contributed by atoms with van der Waals surface area (Å²) in [6.45, 7) is 5.43. The lowest BCUT2D eigenvalue weighted by atomic mass is 9.93. The molecular weight excluding hydrogens is 417 g/mol. The van der Waals surface area contributed by atoms with Crippen LogP contribution in [-0.2, 0) is 19.1 Å². The minimum atomic E-state index is -0.839. The van der Waals surface area contributed by atoms with E-state index in [4.69, 9.17) is 9.47 Å². The van der Waals surface area contributed by atoms with Crippen LogP contribution in [0.3, 0.4) is 0 Å². The van der Waals surface area contributed by atoms with E-state index in [1.165, 1.54) is 23.1 Å². The maximum Gasteiger partial charge on any atom is 0.338 e. The number of ether oxygens (including phenoxy) is 2. The van der Waals surface area contributed by atoms with Gasteiger partial charge in [0, 0.05) is 25.8 Å². The van der Waals surface area contributed by atoms with E-state index < -0.39 is 23.9 Å². The van der Waals surface area contributed by atoms with Crippen molar-refractivity contribution in [2.45, 2.75) is 32.7 Å². The number of likely N-dealkylation sites (tertiary alicyclic amines) is 1. The summed E-state index contributed by atoms with van der Waals surface area (Å²) < 4.78 is 24.4. The molecule has 8 nitrogen and oxygen atoms in total. The highest BCUT2D eigenvalue weighted by Gasteiger charge is 2.38. The first-order valence-electron chi connectivity index (χ1n) is 10.9. The molecule has 0 spiro atoms. The predicted molar refractivity (Wildman–Crippen MR) is 115 cm³/mol. The lowest BCUT2D eigenvalue weighted by Crippen LogP contribution is -2.50. The monoisotopic (exact) mass is 447 g/mol. The van der Waals surface area contributed by atoms with Gasteiger partial charge in [-0.3, -0.25) is 14.6 Å². The zero-order chi connectivity index (χ0) is 23.3. The molecule has 0 saturated carbocycles. The van der Waals surface area contributed by atoms with E-state index >= 15 is 0 Å². The van der Waals surface area contributed by atoms with Gasteiger partial charge in [-0.15, -0.1) is 0 Å². The van der Waals surface area contributed by atoms with Gasteiger partial charge in [0.1, 0.15) is 5.82 Å². The van der Waals surface area contributed by atoms with E-state index in [-0.39, 0.29) is 30.6 Å². The summed E-state index contributed by atoms with van der Waals surface area (Å²) in [6.07, 6.45) is 1.54. The zero-order valence-electron chi connectivity index (χ0n) is 18.7. The maximum absolute atomic E-state index is 13.9. The van der Waals surface area contributed by atoms with Crippen molar-refractivity contribution < 1.29 is 28.2 Å².